The molecule has 1 aliphatic rings. The third-order valence-corrected chi connectivity index (χ3v) is 4.79. The van der Waals surface area contributed by atoms with Crippen molar-refractivity contribution < 1.29 is 0 Å². The van der Waals surface area contributed by atoms with Crippen LogP contribution < -0.4 is 5.73 Å². The summed E-state index contributed by atoms with van der Waals surface area (Å²) in [5.41, 5.74) is 7.35. The van der Waals surface area contributed by atoms with Gasteiger partial charge in [0.25, 0.3) is 0 Å². The number of aromatic nitrogens is 2. The smallest absolute Gasteiger partial charge is 0.143 e. The van der Waals surface area contributed by atoms with Crippen LogP contribution in [-0.2, 0) is 5.54 Å². The Morgan fingerprint density at radius 3 is 2.65 bits per heavy atom. The molecule has 0 atom stereocenters. The molecule has 2 aromatic rings. The predicted octanol–water partition coefficient (Wildman–Crippen LogP) is 3.20. The summed E-state index contributed by atoms with van der Waals surface area (Å²) >= 11 is 1.66. The molecule has 2 N–H and O–H groups in total. The SMILES string of the molecule is NC1(c2nc3cccnc3s2)CCCCCC1. The zero-order valence-electron chi connectivity index (χ0n) is 9.85. The molecular formula is C13H17N3S. The van der Waals surface area contributed by atoms with Gasteiger partial charge in [-0.3, -0.25) is 0 Å². The van der Waals surface area contributed by atoms with Crippen molar-refractivity contribution in [1.29, 1.82) is 0 Å². The lowest BCUT2D eigenvalue weighted by Crippen LogP contribution is -2.35. The number of rotatable bonds is 1. The summed E-state index contributed by atoms with van der Waals surface area (Å²) in [6.07, 6.45) is 9.00. The maximum absolute atomic E-state index is 6.56. The van der Waals surface area contributed by atoms with Crippen LogP contribution in [0.15, 0.2) is 18.3 Å². The number of thiazole rings is 1. The van der Waals surface area contributed by atoms with Crippen LogP contribution in [0.3, 0.4) is 0 Å². The summed E-state index contributed by atoms with van der Waals surface area (Å²) in [5, 5.41) is 1.08. The van der Waals surface area contributed by atoms with E-state index >= 15 is 0 Å². The summed E-state index contributed by atoms with van der Waals surface area (Å²) in [6, 6.07) is 3.95. The van der Waals surface area contributed by atoms with E-state index in [4.69, 9.17) is 5.73 Å². The maximum Gasteiger partial charge on any atom is 0.143 e. The normalized spacial score (nSPS) is 20.3. The number of pyridine rings is 1. The Morgan fingerprint density at radius 1 is 1.18 bits per heavy atom. The molecule has 0 aliphatic heterocycles. The van der Waals surface area contributed by atoms with Gasteiger partial charge in [0, 0.05) is 6.20 Å². The van der Waals surface area contributed by atoms with E-state index in [1.807, 2.05) is 18.3 Å². The minimum Gasteiger partial charge on any atom is -0.319 e. The number of hydrogen-bond acceptors (Lipinski definition) is 4. The van der Waals surface area contributed by atoms with E-state index in [1.54, 1.807) is 11.3 Å². The van der Waals surface area contributed by atoms with E-state index in [0.717, 1.165) is 28.2 Å². The van der Waals surface area contributed by atoms with Crippen LogP contribution in [0.2, 0.25) is 0 Å². The van der Waals surface area contributed by atoms with Crippen molar-refractivity contribution >= 4 is 21.7 Å². The summed E-state index contributed by atoms with van der Waals surface area (Å²) in [4.78, 5) is 10.0. The van der Waals surface area contributed by atoms with E-state index in [2.05, 4.69) is 9.97 Å². The average molecular weight is 247 g/mol. The number of nitrogens with two attached hydrogens (primary N) is 1. The van der Waals surface area contributed by atoms with Crippen LogP contribution in [0.5, 0.6) is 0 Å². The summed E-state index contributed by atoms with van der Waals surface area (Å²) in [7, 11) is 0. The molecule has 0 saturated heterocycles. The molecule has 2 aromatic heterocycles. The van der Waals surface area contributed by atoms with Gasteiger partial charge in [-0.1, -0.05) is 37.0 Å². The summed E-state index contributed by atoms with van der Waals surface area (Å²) < 4.78 is 0. The van der Waals surface area contributed by atoms with Crippen LogP contribution >= 0.6 is 11.3 Å². The van der Waals surface area contributed by atoms with Crippen LogP contribution in [0.1, 0.15) is 43.5 Å². The molecule has 0 bridgehead atoms. The van der Waals surface area contributed by atoms with Gasteiger partial charge >= 0.3 is 0 Å². The molecule has 90 valence electrons. The molecule has 17 heavy (non-hydrogen) atoms. The van der Waals surface area contributed by atoms with Crippen LogP contribution in [0, 0.1) is 0 Å². The zero-order valence-corrected chi connectivity index (χ0v) is 10.7. The summed E-state index contributed by atoms with van der Waals surface area (Å²) in [5.74, 6) is 0. The molecule has 1 saturated carbocycles. The Balaban J connectivity index is 2.01. The second-order valence-corrected chi connectivity index (χ2v) is 5.89. The van der Waals surface area contributed by atoms with Crippen LogP contribution in [0.4, 0.5) is 0 Å². The third-order valence-electron chi connectivity index (χ3n) is 3.59. The van der Waals surface area contributed by atoms with Gasteiger partial charge in [0.15, 0.2) is 0 Å². The van der Waals surface area contributed by atoms with Crippen molar-refractivity contribution in [2.75, 3.05) is 0 Å². The van der Waals surface area contributed by atoms with Gasteiger partial charge in [0.1, 0.15) is 15.4 Å². The lowest BCUT2D eigenvalue weighted by molar-refractivity contribution is 0.384. The fraction of sp³-hybridized carbons (Fsp3) is 0.538. The van der Waals surface area contributed by atoms with E-state index in [-0.39, 0.29) is 5.54 Å². The van der Waals surface area contributed by atoms with Crippen molar-refractivity contribution in [3.63, 3.8) is 0 Å². The molecule has 0 unspecified atom stereocenters. The molecule has 0 amide bonds. The van der Waals surface area contributed by atoms with Crippen molar-refractivity contribution in [2.45, 2.75) is 44.1 Å². The zero-order chi connectivity index (χ0) is 11.7. The third kappa shape index (κ3) is 2.07. The van der Waals surface area contributed by atoms with Crippen LogP contribution in [0.25, 0.3) is 10.3 Å². The molecule has 2 heterocycles. The first-order valence-electron chi connectivity index (χ1n) is 6.29. The van der Waals surface area contributed by atoms with Crippen molar-refractivity contribution in [2.24, 2.45) is 5.73 Å². The van der Waals surface area contributed by atoms with Gasteiger partial charge in [-0.25, -0.2) is 9.97 Å². The molecule has 0 spiro atoms. The first-order chi connectivity index (χ1) is 8.28. The van der Waals surface area contributed by atoms with Crippen LogP contribution in [-0.4, -0.2) is 9.97 Å². The monoisotopic (exact) mass is 247 g/mol. The quantitative estimate of drug-likeness (QED) is 0.787. The fourth-order valence-electron chi connectivity index (χ4n) is 2.56. The Bertz CT molecular complexity index is 479. The van der Waals surface area contributed by atoms with E-state index in [0.29, 0.717) is 0 Å². The lowest BCUT2D eigenvalue weighted by atomic mass is 9.92. The average Bonchev–Trinajstić information content (AvgIpc) is 2.66. The maximum atomic E-state index is 6.56. The second kappa shape index (κ2) is 4.35. The summed E-state index contributed by atoms with van der Waals surface area (Å²) in [6.45, 7) is 0. The van der Waals surface area contributed by atoms with Crippen molar-refractivity contribution in [3.05, 3.63) is 23.3 Å². The Kier molecular flexibility index (Phi) is 2.84. The highest BCUT2D eigenvalue weighted by atomic mass is 32.1. The second-order valence-electron chi connectivity index (χ2n) is 4.92. The van der Waals surface area contributed by atoms with Gasteiger partial charge < -0.3 is 5.73 Å². The Hall–Kier alpha value is -1.00. The van der Waals surface area contributed by atoms with Gasteiger partial charge in [0.05, 0.1) is 5.54 Å². The molecule has 0 radical (unpaired) electrons. The Labute approximate surface area is 105 Å². The molecule has 3 rings (SSSR count). The molecule has 1 aliphatic carbocycles. The highest BCUT2D eigenvalue weighted by Crippen LogP contribution is 2.36. The Morgan fingerprint density at radius 2 is 1.94 bits per heavy atom. The fourth-order valence-corrected chi connectivity index (χ4v) is 3.62. The van der Waals surface area contributed by atoms with Gasteiger partial charge in [-0.2, -0.15) is 0 Å². The molecule has 4 heteroatoms. The standard InChI is InChI=1S/C13H17N3S/c14-13(7-3-1-2-4-8-13)12-16-10-6-5-9-15-11(10)17-12/h5-6,9H,1-4,7-8,14H2. The largest absolute Gasteiger partial charge is 0.319 e. The first kappa shape index (κ1) is 11.1. The minimum absolute atomic E-state index is 0.206. The number of hydrogen-bond donors (Lipinski definition) is 1. The topological polar surface area (TPSA) is 51.8 Å². The molecular weight excluding hydrogens is 230 g/mol. The highest BCUT2D eigenvalue weighted by molar-refractivity contribution is 7.18. The molecule has 0 aromatic carbocycles. The predicted molar refractivity (Wildman–Crippen MR) is 71.0 cm³/mol. The van der Waals surface area contributed by atoms with Crippen molar-refractivity contribution in [3.8, 4) is 0 Å². The van der Waals surface area contributed by atoms with E-state index in [9.17, 15) is 0 Å². The number of fused-ring (bicyclic) bond motifs is 1. The van der Waals surface area contributed by atoms with Gasteiger partial charge in [-0.15, -0.1) is 0 Å². The van der Waals surface area contributed by atoms with Gasteiger partial charge in [-0.05, 0) is 25.0 Å². The minimum atomic E-state index is -0.206. The molecule has 3 nitrogen and oxygen atoms in total. The highest BCUT2D eigenvalue weighted by Gasteiger charge is 2.31. The number of nitrogens with zero attached hydrogens (tertiary/aromatic N) is 2. The lowest BCUT2D eigenvalue weighted by Gasteiger charge is -2.25. The van der Waals surface area contributed by atoms with E-state index in [1.165, 1.54) is 25.7 Å². The van der Waals surface area contributed by atoms with Gasteiger partial charge in [0.2, 0.25) is 0 Å². The van der Waals surface area contributed by atoms with Crippen molar-refractivity contribution in [1.82, 2.24) is 9.97 Å². The molecule has 1 fully saturated rings. The first-order valence-corrected chi connectivity index (χ1v) is 7.10. The van der Waals surface area contributed by atoms with E-state index < -0.39 is 0 Å².